The van der Waals surface area contributed by atoms with Crippen molar-refractivity contribution in [3.05, 3.63) is 0 Å². The average Bonchev–Trinajstić information content (AvgIpc) is 3.15. The molecular weight excluding hydrogens is 230 g/mol. The lowest BCUT2D eigenvalue weighted by atomic mass is 10.1. The Morgan fingerprint density at radius 2 is 1.83 bits per heavy atom. The largest absolute Gasteiger partial charge is 0.332 e. The first-order valence-electron chi connectivity index (χ1n) is 6.89. The zero-order valence-corrected chi connectivity index (χ0v) is 11.3. The van der Waals surface area contributed by atoms with E-state index in [9.17, 15) is 9.59 Å². The topological polar surface area (TPSA) is 52.7 Å². The first-order valence-corrected chi connectivity index (χ1v) is 6.89. The van der Waals surface area contributed by atoms with Crippen LogP contribution in [0.15, 0.2) is 0 Å². The van der Waals surface area contributed by atoms with Crippen LogP contribution >= 0.6 is 0 Å². The molecular formula is C13H23N3O2. The molecule has 5 nitrogen and oxygen atoms in total. The summed E-state index contributed by atoms with van der Waals surface area (Å²) in [6, 6.07) is 0.696. The maximum absolute atomic E-state index is 11.9. The molecule has 1 aliphatic heterocycles. The molecule has 102 valence electrons. The highest BCUT2D eigenvalue weighted by molar-refractivity contribution is 5.92. The molecule has 1 aliphatic carbocycles. The number of piperazine rings is 1. The number of likely N-dealkylation sites (N-methyl/N-ethyl adjacent to an activating group) is 1. The predicted octanol–water partition coefficient (Wildman–Crippen LogP) is 0.0652. The van der Waals surface area contributed by atoms with Crippen LogP contribution < -0.4 is 5.32 Å². The van der Waals surface area contributed by atoms with Crippen LogP contribution in [0.1, 0.15) is 26.7 Å². The van der Waals surface area contributed by atoms with Gasteiger partial charge >= 0.3 is 0 Å². The van der Waals surface area contributed by atoms with Gasteiger partial charge in [-0.2, -0.15) is 0 Å². The average molecular weight is 253 g/mol. The van der Waals surface area contributed by atoms with Crippen LogP contribution in [-0.2, 0) is 9.59 Å². The molecule has 0 radical (unpaired) electrons. The molecule has 1 N–H and O–H groups in total. The van der Waals surface area contributed by atoms with Crippen molar-refractivity contribution in [1.82, 2.24) is 15.1 Å². The van der Waals surface area contributed by atoms with E-state index in [4.69, 9.17) is 0 Å². The van der Waals surface area contributed by atoms with Gasteiger partial charge < -0.3 is 15.1 Å². The lowest BCUT2D eigenvalue weighted by molar-refractivity contribution is -0.150. The number of nitrogens with zero attached hydrogens (tertiary/aromatic N) is 2. The molecule has 1 saturated heterocycles. The molecule has 18 heavy (non-hydrogen) atoms. The summed E-state index contributed by atoms with van der Waals surface area (Å²) < 4.78 is 0. The van der Waals surface area contributed by atoms with E-state index in [1.54, 1.807) is 9.80 Å². The number of nitrogens with one attached hydrogen (secondary N) is 1. The summed E-state index contributed by atoms with van der Waals surface area (Å²) in [6.45, 7) is 6.76. The highest BCUT2D eigenvalue weighted by Gasteiger charge is 2.29. The smallest absolute Gasteiger partial charge is 0.242 e. The third-order valence-corrected chi connectivity index (χ3v) is 3.60. The number of rotatable bonds is 6. The fourth-order valence-corrected chi connectivity index (χ4v) is 2.25. The molecule has 2 aliphatic rings. The van der Waals surface area contributed by atoms with E-state index in [2.05, 4.69) is 12.2 Å². The summed E-state index contributed by atoms with van der Waals surface area (Å²) in [4.78, 5) is 27.0. The summed E-state index contributed by atoms with van der Waals surface area (Å²) >= 11 is 0. The fourth-order valence-electron chi connectivity index (χ4n) is 2.25. The van der Waals surface area contributed by atoms with Crippen LogP contribution in [0.4, 0.5) is 0 Å². The highest BCUT2D eigenvalue weighted by atomic mass is 16.2. The standard InChI is InChI=1S/C13H23N3O2/c1-3-15-8-13(18)16(9-12(15)17)7-10(2)6-14-11-4-5-11/h10-11,14H,3-9H2,1-2H3. The zero-order valence-electron chi connectivity index (χ0n) is 11.3. The van der Waals surface area contributed by atoms with Gasteiger partial charge in [0.1, 0.15) is 0 Å². The van der Waals surface area contributed by atoms with Crippen molar-refractivity contribution in [3.8, 4) is 0 Å². The molecule has 0 aromatic heterocycles. The van der Waals surface area contributed by atoms with Gasteiger partial charge in [0.2, 0.25) is 11.8 Å². The van der Waals surface area contributed by atoms with Crippen LogP contribution in [0.25, 0.3) is 0 Å². The van der Waals surface area contributed by atoms with Gasteiger partial charge in [0, 0.05) is 19.1 Å². The lowest BCUT2D eigenvalue weighted by Crippen LogP contribution is -2.54. The molecule has 1 unspecified atom stereocenters. The molecule has 5 heteroatoms. The Balaban J connectivity index is 1.77. The van der Waals surface area contributed by atoms with E-state index in [0.29, 0.717) is 25.0 Å². The van der Waals surface area contributed by atoms with Gasteiger partial charge in [-0.3, -0.25) is 9.59 Å². The summed E-state index contributed by atoms with van der Waals surface area (Å²) in [6.07, 6.45) is 2.55. The minimum absolute atomic E-state index is 0.0689. The normalized spacial score (nSPS) is 22.6. The zero-order chi connectivity index (χ0) is 13.1. The van der Waals surface area contributed by atoms with Crippen molar-refractivity contribution >= 4 is 11.8 Å². The SMILES string of the molecule is CCN1CC(=O)N(CC(C)CNC2CC2)CC1=O. The second-order valence-electron chi connectivity index (χ2n) is 5.47. The number of hydrogen-bond acceptors (Lipinski definition) is 3. The van der Waals surface area contributed by atoms with E-state index in [-0.39, 0.29) is 24.9 Å². The van der Waals surface area contributed by atoms with Gasteiger partial charge in [0.25, 0.3) is 0 Å². The number of carbonyl (C=O) groups excluding carboxylic acids is 2. The van der Waals surface area contributed by atoms with Crippen molar-refractivity contribution in [2.24, 2.45) is 5.92 Å². The van der Waals surface area contributed by atoms with Crippen molar-refractivity contribution in [2.75, 3.05) is 32.7 Å². The summed E-state index contributed by atoms with van der Waals surface area (Å²) in [5.41, 5.74) is 0. The number of carbonyl (C=O) groups is 2. The van der Waals surface area contributed by atoms with Gasteiger partial charge in [-0.25, -0.2) is 0 Å². The van der Waals surface area contributed by atoms with Crippen LogP contribution in [0.5, 0.6) is 0 Å². The molecule has 0 aromatic carbocycles. The first kappa shape index (κ1) is 13.3. The third-order valence-electron chi connectivity index (χ3n) is 3.60. The summed E-state index contributed by atoms with van der Waals surface area (Å²) in [5, 5.41) is 3.46. The minimum Gasteiger partial charge on any atom is -0.332 e. The second-order valence-corrected chi connectivity index (χ2v) is 5.47. The molecule has 1 atom stereocenters. The predicted molar refractivity (Wildman–Crippen MR) is 69.0 cm³/mol. The highest BCUT2D eigenvalue weighted by Crippen LogP contribution is 2.19. The minimum atomic E-state index is 0.0689. The van der Waals surface area contributed by atoms with Crippen LogP contribution in [0.3, 0.4) is 0 Å². The summed E-state index contributed by atoms with van der Waals surface area (Å²) in [5.74, 6) is 0.546. The second kappa shape index (κ2) is 5.69. The summed E-state index contributed by atoms with van der Waals surface area (Å²) in [7, 11) is 0. The quantitative estimate of drug-likeness (QED) is 0.728. The maximum atomic E-state index is 11.9. The first-order chi connectivity index (χ1) is 8.60. The van der Waals surface area contributed by atoms with E-state index >= 15 is 0 Å². The number of amides is 2. The molecule has 1 saturated carbocycles. The maximum Gasteiger partial charge on any atom is 0.242 e. The molecule has 0 spiro atoms. The molecule has 0 aromatic rings. The van der Waals surface area contributed by atoms with Gasteiger partial charge in [-0.1, -0.05) is 6.92 Å². The Kier molecular flexibility index (Phi) is 4.22. The fraction of sp³-hybridized carbons (Fsp3) is 0.846. The Morgan fingerprint density at radius 1 is 1.22 bits per heavy atom. The van der Waals surface area contributed by atoms with Crippen molar-refractivity contribution in [3.63, 3.8) is 0 Å². The van der Waals surface area contributed by atoms with Crippen molar-refractivity contribution in [2.45, 2.75) is 32.7 Å². The van der Waals surface area contributed by atoms with Gasteiger partial charge in [-0.05, 0) is 32.2 Å². The lowest BCUT2D eigenvalue weighted by Gasteiger charge is -2.34. The van der Waals surface area contributed by atoms with Crippen molar-refractivity contribution in [1.29, 1.82) is 0 Å². The Labute approximate surface area is 108 Å². The Morgan fingerprint density at radius 3 is 2.44 bits per heavy atom. The van der Waals surface area contributed by atoms with Gasteiger partial charge in [-0.15, -0.1) is 0 Å². The van der Waals surface area contributed by atoms with E-state index in [1.165, 1.54) is 12.8 Å². The molecule has 2 rings (SSSR count). The van der Waals surface area contributed by atoms with Gasteiger partial charge in [0.15, 0.2) is 0 Å². The van der Waals surface area contributed by atoms with E-state index in [1.807, 2.05) is 6.92 Å². The Bertz CT molecular complexity index is 328. The van der Waals surface area contributed by atoms with Crippen LogP contribution in [0, 0.1) is 5.92 Å². The molecule has 1 heterocycles. The Hall–Kier alpha value is -1.10. The monoisotopic (exact) mass is 253 g/mol. The third kappa shape index (κ3) is 3.45. The van der Waals surface area contributed by atoms with Crippen LogP contribution in [0.2, 0.25) is 0 Å². The van der Waals surface area contributed by atoms with Crippen LogP contribution in [-0.4, -0.2) is 60.4 Å². The van der Waals surface area contributed by atoms with E-state index < -0.39 is 0 Å². The van der Waals surface area contributed by atoms with Gasteiger partial charge in [0.05, 0.1) is 13.1 Å². The number of hydrogen-bond donors (Lipinski definition) is 1. The van der Waals surface area contributed by atoms with Crippen molar-refractivity contribution < 1.29 is 9.59 Å². The molecule has 2 amide bonds. The molecule has 0 bridgehead atoms. The van der Waals surface area contributed by atoms with E-state index in [0.717, 1.165) is 6.54 Å². The molecule has 2 fully saturated rings.